The minimum absolute atomic E-state index is 0.0485. The zero-order chi connectivity index (χ0) is 25.8. The van der Waals surface area contributed by atoms with Crippen LogP contribution in [-0.2, 0) is 28.3 Å². The Kier molecular flexibility index (Phi) is 7.74. The molecule has 0 saturated heterocycles. The molecule has 0 unspecified atom stereocenters. The predicted molar refractivity (Wildman–Crippen MR) is 103 cm³/mol. The van der Waals surface area contributed by atoms with E-state index in [0.29, 0.717) is 0 Å². The van der Waals surface area contributed by atoms with Crippen molar-refractivity contribution < 1.29 is 50.3 Å². The van der Waals surface area contributed by atoms with Gasteiger partial charge in [-0.1, -0.05) is 0 Å². The lowest BCUT2D eigenvalue weighted by atomic mass is 10.0. The fourth-order valence-corrected chi connectivity index (χ4v) is 2.92. The number of carbonyl (C=O) groups is 2. The number of rotatable bonds is 7. The van der Waals surface area contributed by atoms with E-state index in [1.165, 1.54) is 13.2 Å². The van der Waals surface area contributed by atoms with Crippen LogP contribution in [0.5, 0.6) is 5.75 Å². The number of nitro groups is 1. The Morgan fingerprint density at radius 2 is 1.56 bits per heavy atom. The summed E-state index contributed by atoms with van der Waals surface area (Å²) in [5.41, 5.74) is -4.79. The summed E-state index contributed by atoms with van der Waals surface area (Å²) in [4.78, 5) is 35.0. The predicted octanol–water partition coefficient (Wildman–Crippen LogP) is 4.16. The van der Waals surface area contributed by atoms with E-state index in [1.54, 1.807) is 0 Å². The molecule has 8 nitrogen and oxygen atoms in total. The summed E-state index contributed by atoms with van der Waals surface area (Å²) in [5, 5.41) is 13.1. The Morgan fingerprint density at radius 3 is 2.00 bits per heavy atom. The molecule has 0 radical (unpaired) electrons. The number of ether oxygens (including phenoxy) is 2. The van der Waals surface area contributed by atoms with E-state index in [2.05, 4.69) is 4.74 Å². The fraction of sp³-hybridized carbons (Fsp3) is 0.300. The van der Waals surface area contributed by atoms with Crippen LogP contribution in [0.2, 0.25) is 0 Å². The van der Waals surface area contributed by atoms with Gasteiger partial charge in [-0.05, 0) is 24.3 Å². The molecule has 1 atom stereocenters. The Labute approximate surface area is 187 Å². The number of nitro benzene ring substituents is 1. The summed E-state index contributed by atoms with van der Waals surface area (Å²) >= 11 is 0. The third kappa shape index (κ3) is 6.36. The van der Waals surface area contributed by atoms with Crippen molar-refractivity contribution in [1.82, 2.24) is 5.32 Å². The van der Waals surface area contributed by atoms with Gasteiger partial charge in [-0.2, -0.15) is 26.3 Å². The smallest absolute Gasteiger partial charge is 0.416 e. The first-order valence-corrected chi connectivity index (χ1v) is 9.16. The highest BCUT2D eigenvalue weighted by Crippen LogP contribution is 2.36. The zero-order valence-electron chi connectivity index (χ0n) is 17.4. The van der Waals surface area contributed by atoms with Gasteiger partial charge in [-0.3, -0.25) is 14.9 Å². The Morgan fingerprint density at radius 1 is 1.00 bits per heavy atom. The molecular formula is C20H16F6N2O6. The summed E-state index contributed by atoms with van der Waals surface area (Å²) in [6, 6.07) is 1.98. The normalized spacial score (nSPS) is 12.6. The van der Waals surface area contributed by atoms with Crippen molar-refractivity contribution >= 4 is 17.6 Å². The minimum Gasteiger partial charge on any atom is -0.496 e. The maximum absolute atomic E-state index is 13.1. The number of benzene rings is 2. The molecule has 2 aromatic rings. The first-order valence-electron chi connectivity index (χ1n) is 9.16. The molecular weight excluding hydrogens is 478 g/mol. The summed E-state index contributed by atoms with van der Waals surface area (Å²) < 4.78 is 88.1. The Bertz CT molecular complexity index is 1070. The van der Waals surface area contributed by atoms with Gasteiger partial charge in [-0.25, -0.2) is 4.79 Å². The monoisotopic (exact) mass is 494 g/mol. The second-order valence-electron chi connectivity index (χ2n) is 6.80. The van der Waals surface area contributed by atoms with Crippen molar-refractivity contribution in [1.29, 1.82) is 0 Å². The van der Waals surface area contributed by atoms with Crippen molar-refractivity contribution in [2.45, 2.75) is 24.8 Å². The van der Waals surface area contributed by atoms with Crippen LogP contribution in [0.25, 0.3) is 0 Å². The number of alkyl halides is 6. The number of esters is 1. The number of hydrogen-bond acceptors (Lipinski definition) is 6. The highest BCUT2D eigenvalue weighted by atomic mass is 19.4. The first kappa shape index (κ1) is 26.4. The average molecular weight is 494 g/mol. The highest BCUT2D eigenvalue weighted by Gasteiger charge is 2.38. The molecule has 0 aliphatic carbocycles. The minimum atomic E-state index is -5.19. The van der Waals surface area contributed by atoms with Gasteiger partial charge in [-0.15, -0.1) is 0 Å². The molecule has 1 amide bonds. The van der Waals surface area contributed by atoms with E-state index in [-0.39, 0.29) is 29.5 Å². The summed E-state index contributed by atoms with van der Waals surface area (Å²) in [6.07, 6.45) is -10.9. The van der Waals surface area contributed by atoms with E-state index in [4.69, 9.17) is 4.74 Å². The van der Waals surface area contributed by atoms with Crippen LogP contribution in [0.3, 0.4) is 0 Å². The lowest BCUT2D eigenvalue weighted by Crippen LogP contribution is -2.43. The Balaban J connectivity index is 2.46. The maximum Gasteiger partial charge on any atom is 0.416 e. The van der Waals surface area contributed by atoms with Crippen molar-refractivity contribution in [3.8, 4) is 5.75 Å². The van der Waals surface area contributed by atoms with Crippen molar-refractivity contribution in [3.05, 3.63) is 68.8 Å². The zero-order valence-corrected chi connectivity index (χ0v) is 17.4. The van der Waals surface area contributed by atoms with E-state index < -0.39 is 64.0 Å². The number of non-ortho nitro benzene ring substituents is 1. The van der Waals surface area contributed by atoms with Crippen LogP contribution in [0, 0.1) is 10.1 Å². The molecule has 1 N–H and O–H groups in total. The number of hydrogen-bond donors (Lipinski definition) is 1. The van der Waals surface area contributed by atoms with Gasteiger partial charge in [0.05, 0.1) is 30.3 Å². The topological polar surface area (TPSA) is 108 Å². The largest absolute Gasteiger partial charge is 0.496 e. The Hall–Kier alpha value is -3.84. The standard InChI is InChI=1S/C20H16F6N2O6/c1-33-16-4-3-14(28(31)32)7-10(16)8-15(18(30)34-2)27-17(29)11-5-12(19(21,22)23)9-13(6-11)20(24,25)26/h3-7,9,15H,8H2,1-2H3,(H,27,29)/t15-/m0/s1. The number of nitrogens with one attached hydrogen (secondary N) is 1. The highest BCUT2D eigenvalue weighted by molar-refractivity contribution is 5.97. The molecule has 14 heteroatoms. The SMILES string of the molecule is COC(=O)[C@H](Cc1cc([N+](=O)[O-])ccc1OC)NC(=O)c1cc(C(F)(F)F)cc(C(F)(F)F)c1. The maximum atomic E-state index is 13.1. The van der Waals surface area contributed by atoms with Crippen molar-refractivity contribution in [2.75, 3.05) is 14.2 Å². The van der Waals surface area contributed by atoms with Crippen molar-refractivity contribution in [2.24, 2.45) is 0 Å². The van der Waals surface area contributed by atoms with Gasteiger partial charge in [0.2, 0.25) is 0 Å². The van der Waals surface area contributed by atoms with E-state index in [0.717, 1.165) is 19.2 Å². The number of carbonyl (C=O) groups excluding carboxylic acids is 2. The van der Waals surface area contributed by atoms with Crippen molar-refractivity contribution in [3.63, 3.8) is 0 Å². The van der Waals surface area contributed by atoms with Gasteiger partial charge in [0.1, 0.15) is 11.8 Å². The van der Waals surface area contributed by atoms with Crippen LogP contribution >= 0.6 is 0 Å². The molecule has 0 bridgehead atoms. The fourth-order valence-electron chi connectivity index (χ4n) is 2.92. The van der Waals surface area contributed by atoms with Gasteiger partial charge in [0.25, 0.3) is 11.6 Å². The first-order chi connectivity index (χ1) is 15.7. The summed E-state index contributed by atoms with van der Waals surface area (Å²) in [7, 11) is 2.15. The van der Waals surface area contributed by atoms with Crippen LogP contribution in [0.15, 0.2) is 36.4 Å². The lowest BCUT2D eigenvalue weighted by Gasteiger charge is -2.19. The number of amides is 1. The molecule has 2 aromatic carbocycles. The molecule has 0 fully saturated rings. The number of halogens is 6. The second-order valence-corrected chi connectivity index (χ2v) is 6.80. The number of methoxy groups -OCH3 is 2. The summed E-state index contributed by atoms with van der Waals surface area (Å²) in [5.74, 6) is -2.46. The molecule has 184 valence electrons. The third-order valence-electron chi connectivity index (χ3n) is 4.54. The van der Waals surface area contributed by atoms with Crippen LogP contribution in [-0.4, -0.2) is 37.1 Å². The van der Waals surface area contributed by atoms with Gasteiger partial charge in [0.15, 0.2) is 0 Å². The quantitative estimate of drug-likeness (QED) is 0.268. The van der Waals surface area contributed by atoms with Crippen LogP contribution in [0.1, 0.15) is 27.0 Å². The molecule has 34 heavy (non-hydrogen) atoms. The van der Waals surface area contributed by atoms with Crippen LogP contribution in [0.4, 0.5) is 32.0 Å². The molecule has 0 saturated carbocycles. The van der Waals surface area contributed by atoms with E-state index in [1.807, 2.05) is 5.32 Å². The molecule has 0 aromatic heterocycles. The van der Waals surface area contributed by atoms with E-state index in [9.17, 15) is 46.0 Å². The molecule has 0 aliphatic rings. The molecule has 0 heterocycles. The average Bonchev–Trinajstić information content (AvgIpc) is 2.76. The number of nitrogens with zero attached hydrogens (tertiary/aromatic N) is 1. The molecule has 2 rings (SSSR count). The molecule has 0 aliphatic heterocycles. The van der Waals surface area contributed by atoms with Gasteiger partial charge in [0, 0.05) is 29.7 Å². The van der Waals surface area contributed by atoms with Gasteiger partial charge < -0.3 is 14.8 Å². The third-order valence-corrected chi connectivity index (χ3v) is 4.54. The summed E-state index contributed by atoms with van der Waals surface area (Å²) in [6.45, 7) is 0. The lowest BCUT2D eigenvalue weighted by molar-refractivity contribution is -0.384. The van der Waals surface area contributed by atoms with E-state index >= 15 is 0 Å². The second kappa shape index (κ2) is 9.97. The van der Waals surface area contributed by atoms with Gasteiger partial charge >= 0.3 is 18.3 Å². The van der Waals surface area contributed by atoms with Crippen LogP contribution < -0.4 is 10.1 Å². The molecule has 0 spiro atoms.